The molecule has 1 aromatic carbocycles. The number of nitrogens with one attached hydrogen (secondary N) is 1. The van der Waals surface area contributed by atoms with Gasteiger partial charge in [-0.1, -0.05) is 18.2 Å². The summed E-state index contributed by atoms with van der Waals surface area (Å²) in [6, 6.07) is 11.9. The van der Waals surface area contributed by atoms with Gasteiger partial charge in [-0.3, -0.25) is 9.59 Å². The lowest BCUT2D eigenvalue weighted by Crippen LogP contribution is -2.42. The Morgan fingerprint density at radius 3 is 2.72 bits per heavy atom. The fourth-order valence-electron chi connectivity index (χ4n) is 2.90. The molecule has 1 fully saturated rings. The van der Waals surface area contributed by atoms with Crippen molar-refractivity contribution in [3.05, 3.63) is 65.7 Å². The number of aliphatic hydroxyl groups excluding tert-OH is 1. The Bertz CT molecular complexity index is 753. The van der Waals surface area contributed by atoms with Crippen LogP contribution in [0.3, 0.4) is 0 Å². The summed E-state index contributed by atoms with van der Waals surface area (Å²) in [6.45, 7) is 0.465. The first-order valence-corrected chi connectivity index (χ1v) is 8.22. The van der Waals surface area contributed by atoms with Gasteiger partial charge in [0, 0.05) is 18.2 Å². The van der Waals surface area contributed by atoms with E-state index < -0.39 is 0 Å². The summed E-state index contributed by atoms with van der Waals surface area (Å²) in [5.41, 5.74) is 0.588. The second-order valence-electron chi connectivity index (χ2n) is 5.87. The maximum atomic E-state index is 12.9. The zero-order valence-electron chi connectivity index (χ0n) is 13.7. The molecule has 1 aromatic heterocycles. The van der Waals surface area contributed by atoms with Crippen molar-refractivity contribution < 1.29 is 19.1 Å². The van der Waals surface area contributed by atoms with Gasteiger partial charge < -0.3 is 19.7 Å². The van der Waals surface area contributed by atoms with Gasteiger partial charge in [0.1, 0.15) is 11.5 Å². The Morgan fingerprint density at radius 2 is 2.04 bits per heavy atom. The van der Waals surface area contributed by atoms with Crippen LogP contribution in [0.5, 0.6) is 0 Å². The Labute approximate surface area is 145 Å². The first-order chi connectivity index (χ1) is 12.2. The first kappa shape index (κ1) is 17.0. The number of nitrogens with zero attached hydrogens (tertiary/aromatic N) is 1. The molecule has 6 heteroatoms. The number of likely N-dealkylation sites (tertiary alicyclic amines) is 1. The van der Waals surface area contributed by atoms with E-state index in [0.717, 1.165) is 12.8 Å². The summed E-state index contributed by atoms with van der Waals surface area (Å²) in [6.07, 6.45) is 4.59. The molecule has 1 saturated heterocycles. The molecule has 0 bridgehead atoms. The quantitative estimate of drug-likeness (QED) is 0.816. The number of benzene rings is 1. The minimum atomic E-state index is -0.369. The van der Waals surface area contributed by atoms with Crippen LogP contribution in [-0.2, 0) is 4.79 Å². The highest BCUT2D eigenvalue weighted by Crippen LogP contribution is 2.20. The summed E-state index contributed by atoms with van der Waals surface area (Å²) in [4.78, 5) is 26.9. The van der Waals surface area contributed by atoms with E-state index in [4.69, 9.17) is 4.42 Å². The van der Waals surface area contributed by atoms with Crippen molar-refractivity contribution in [2.75, 3.05) is 13.2 Å². The smallest absolute Gasteiger partial charge is 0.270 e. The predicted octanol–water partition coefficient (Wildman–Crippen LogP) is 2.03. The fourth-order valence-corrected chi connectivity index (χ4v) is 2.90. The van der Waals surface area contributed by atoms with E-state index in [1.54, 1.807) is 41.3 Å². The average Bonchev–Trinajstić information content (AvgIpc) is 3.32. The number of carbonyl (C=O) groups excluding carboxylic acids is 2. The Hall–Kier alpha value is -2.86. The number of amides is 2. The summed E-state index contributed by atoms with van der Waals surface area (Å²) >= 11 is 0. The Kier molecular flexibility index (Phi) is 5.30. The Balaban J connectivity index is 1.85. The van der Waals surface area contributed by atoms with Gasteiger partial charge >= 0.3 is 0 Å². The molecule has 130 valence electrons. The number of hydrogen-bond donors (Lipinski definition) is 2. The van der Waals surface area contributed by atoms with Crippen molar-refractivity contribution >= 4 is 17.9 Å². The van der Waals surface area contributed by atoms with E-state index in [2.05, 4.69) is 5.32 Å². The van der Waals surface area contributed by atoms with E-state index in [9.17, 15) is 14.7 Å². The molecule has 1 aliphatic heterocycles. The third-order valence-electron chi connectivity index (χ3n) is 4.19. The average molecular weight is 340 g/mol. The third-order valence-corrected chi connectivity index (χ3v) is 4.19. The van der Waals surface area contributed by atoms with Crippen LogP contribution in [0.1, 0.15) is 29.0 Å². The molecule has 25 heavy (non-hydrogen) atoms. The summed E-state index contributed by atoms with van der Waals surface area (Å²) in [5.74, 6) is -0.222. The van der Waals surface area contributed by atoms with Crippen molar-refractivity contribution in [1.82, 2.24) is 10.2 Å². The summed E-state index contributed by atoms with van der Waals surface area (Å²) in [7, 11) is 0. The lowest BCUT2D eigenvalue weighted by atomic mass is 10.2. The zero-order valence-corrected chi connectivity index (χ0v) is 13.7. The van der Waals surface area contributed by atoms with Crippen LogP contribution >= 0.6 is 0 Å². The molecule has 2 aromatic rings. The Morgan fingerprint density at radius 1 is 1.24 bits per heavy atom. The summed E-state index contributed by atoms with van der Waals surface area (Å²) in [5, 5.41) is 12.1. The second kappa shape index (κ2) is 7.81. The van der Waals surface area contributed by atoms with Crippen molar-refractivity contribution in [3.8, 4) is 0 Å². The fraction of sp³-hybridized carbons (Fsp3) is 0.263. The molecule has 6 nitrogen and oxygen atoms in total. The van der Waals surface area contributed by atoms with Crippen LogP contribution in [0, 0.1) is 0 Å². The molecule has 3 rings (SSSR count). The van der Waals surface area contributed by atoms with Crippen LogP contribution in [0.4, 0.5) is 0 Å². The first-order valence-electron chi connectivity index (χ1n) is 8.22. The molecule has 0 spiro atoms. The molecule has 0 aliphatic carbocycles. The van der Waals surface area contributed by atoms with Crippen molar-refractivity contribution in [2.24, 2.45) is 0 Å². The molecule has 0 radical (unpaired) electrons. The molecule has 0 saturated carbocycles. The van der Waals surface area contributed by atoms with Gasteiger partial charge in [0.25, 0.3) is 11.8 Å². The van der Waals surface area contributed by atoms with Crippen molar-refractivity contribution in [2.45, 2.75) is 18.9 Å². The number of furan rings is 1. The van der Waals surface area contributed by atoms with Crippen LogP contribution in [-0.4, -0.2) is 41.0 Å². The molecule has 0 unspecified atom stereocenters. The lowest BCUT2D eigenvalue weighted by Gasteiger charge is -2.24. The van der Waals surface area contributed by atoms with Crippen molar-refractivity contribution in [1.29, 1.82) is 0 Å². The minimum absolute atomic E-state index is 0.0909. The van der Waals surface area contributed by atoms with Crippen LogP contribution in [0.2, 0.25) is 0 Å². The highest BCUT2D eigenvalue weighted by Gasteiger charge is 2.30. The molecular weight excluding hydrogens is 320 g/mol. The second-order valence-corrected chi connectivity index (χ2v) is 5.87. The van der Waals surface area contributed by atoms with Gasteiger partial charge in [0.05, 0.1) is 18.9 Å². The standard InChI is InChI=1S/C19H20N2O4/c22-13-15-8-4-10-21(15)19(24)17(12-16-9-5-11-25-16)20-18(23)14-6-2-1-3-7-14/h1-3,5-7,9,11-12,15,22H,4,8,10,13H2,(H,20,23)/b17-12-/t15-/m0/s1. The molecule has 2 heterocycles. The number of carbonyl (C=O) groups is 2. The SMILES string of the molecule is O=C(N/C(=C\c1ccco1)C(=O)N1CCC[C@H]1CO)c1ccccc1. The maximum Gasteiger partial charge on any atom is 0.270 e. The van der Waals surface area contributed by atoms with Crippen LogP contribution in [0.15, 0.2) is 58.8 Å². The monoisotopic (exact) mass is 340 g/mol. The highest BCUT2D eigenvalue weighted by molar-refractivity contribution is 6.05. The van der Waals surface area contributed by atoms with Gasteiger partial charge in [0.15, 0.2) is 0 Å². The van der Waals surface area contributed by atoms with E-state index in [1.165, 1.54) is 12.3 Å². The predicted molar refractivity (Wildman–Crippen MR) is 92.4 cm³/mol. The van der Waals surface area contributed by atoms with Gasteiger partial charge in [-0.15, -0.1) is 0 Å². The summed E-state index contributed by atoms with van der Waals surface area (Å²) < 4.78 is 5.27. The van der Waals surface area contributed by atoms with Gasteiger partial charge in [-0.05, 0) is 37.1 Å². The van der Waals surface area contributed by atoms with Gasteiger partial charge in [-0.2, -0.15) is 0 Å². The molecule has 1 aliphatic rings. The molecule has 1 atom stereocenters. The van der Waals surface area contributed by atoms with Gasteiger partial charge in [0.2, 0.25) is 0 Å². The van der Waals surface area contributed by atoms with E-state index >= 15 is 0 Å². The molecule has 2 amide bonds. The largest absolute Gasteiger partial charge is 0.465 e. The van der Waals surface area contributed by atoms with Crippen LogP contribution in [0.25, 0.3) is 6.08 Å². The number of hydrogen-bond acceptors (Lipinski definition) is 4. The molecule has 2 N–H and O–H groups in total. The lowest BCUT2D eigenvalue weighted by molar-refractivity contribution is -0.128. The number of rotatable bonds is 5. The van der Waals surface area contributed by atoms with Crippen molar-refractivity contribution in [3.63, 3.8) is 0 Å². The van der Waals surface area contributed by atoms with Crippen LogP contribution < -0.4 is 5.32 Å². The molecular formula is C19H20N2O4. The zero-order chi connectivity index (χ0) is 17.6. The minimum Gasteiger partial charge on any atom is -0.465 e. The highest BCUT2D eigenvalue weighted by atomic mass is 16.3. The topological polar surface area (TPSA) is 82.8 Å². The van der Waals surface area contributed by atoms with E-state index in [-0.39, 0.29) is 30.2 Å². The number of aliphatic hydroxyl groups is 1. The maximum absolute atomic E-state index is 12.9. The van der Waals surface area contributed by atoms with Gasteiger partial charge in [-0.25, -0.2) is 0 Å². The third kappa shape index (κ3) is 3.97. The van der Waals surface area contributed by atoms with E-state index in [0.29, 0.717) is 17.9 Å². The normalized spacial score (nSPS) is 17.6. The van der Waals surface area contributed by atoms with E-state index in [1.807, 2.05) is 6.07 Å².